The topological polar surface area (TPSA) is 4.36 Å². The van der Waals surface area contributed by atoms with Crippen molar-refractivity contribution in [3.05, 3.63) is 83.0 Å². The van der Waals surface area contributed by atoms with Crippen LogP contribution in [0.4, 0.5) is 4.39 Å². The lowest BCUT2D eigenvalue weighted by atomic mass is 9.99. The van der Waals surface area contributed by atoms with E-state index in [1.54, 1.807) is 12.1 Å². The van der Waals surface area contributed by atoms with Crippen LogP contribution in [0.3, 0.4) is 0 Å². The summed E-state index contributed by atoms with van der Waals surface area (Å²) in [5, 5.41) is 0. The fourth-order valence-electron chi connectivity index (χ4n) is 1.65. The highest BCUT2D eigenvalue weighted by atomic mass is 19.1. The Labute approximate surface area is 94.0 Å². The SMILES string of the molecule is [C-]#[N+]C(c1ccccc1)c1cccc(F)c1. The molecule has 0 aliphatic heterocycles. The first-order valence-corrected chi connectivity index (χ1v) is 4.98. The van der Waals surface area contributed by atoms with E-state index < -0.39 is 6.04 Å². The third-order valence-electron chi connectivity index (χ3n) is 2.41. The lowest BCUT2D eigenvalue weighted by Crippen LogP contribution is -1.95. The summed E-state index contributed by atoms with van der Waals surface area (Å²) in [4.78, 5) is 3.55. The molecule has 0 aliphatic rings. The van der Waals surface area contributed by atoms with Crippen LogP contribution in [0.2, 0.25) is 0 Å². The first-order chi connectivity index (χ1) is 7.81. The second-order valence-electron chi connectivity index (χ2n) is 3.50. The summed E-state index contributed by atoms with van der Waals surface area (Å²) in [7, 11) is 0. The zero-order valence-corrected chi connectivity index (χ0v) is 8.60. The van der Waals surface area contributed by atoms with Gasteiger partial charge in [0.2, 0.25) is 0 Å². The highest BCUT2D eigenvalue weighted by molar-refractivity contribution is 5.34. The van der Waals surface area contributed by atoms with Crippen molar-refractivity contribution in [2.45, 2.75) is 6.04 Å². The second-order valence-corrected chi connectivity index (χ2v) is 3.50. The van der Waals surface area contributed by atoms with Crippen LogP contribution in [-0.4, -0.2) is 0 Å². The smallest absolute Gasteiger partial charge is 0.273 e. The number of rotatable bonds is 2. The normalized spacial score (nSPS) is 11.8. The zero-order chi connectivity index (χ0) is 11.4. The van der Waals surface area contributed by atoms with Crippen molar-refractivity contribution in [1.82, 2.24) is 0 Å². The van der Waals surface area contributed by atoms with Gasteiger partial charge in [-0.15, -0.1) is 0 Å². The van der Waals surface area contributed by atoms with Gasteiger partial charge in [0.1, 0.15) is 5.82 Å². The molecule has 2 heteroatoms. The molecule has 0 radical (unpaired) electrons. The van der Waals surface area contributed by atoms with Gasteiger partial charge in [0.15, 0.2) is 0 Å². The van der Waals surface area contributed by atoms with E-state index in [4.69, 9.17) is 6.57 Å². The average molecular weight is 211 g/mol. The third kappa shape index (κ3) is 2.09. The van der Waals surface area contributed by atoms with E-state index in [2.05, 4.69) is 4.85 Å². The quantitative estimate of drug-likeness (QED) is 0.665. The van der Waals surface area contributed by atoms with Gasteiger partial charge in [-0.05, 0) is 12.1 Å². The standard InChI is InChI=1S/C14H10FN/c1-16-14(11-6-3-2-4-7-11)12-8-5-9-13(15)10-12/h2-10,14H. The highest BCUT2D eigenvalue weighted by Gasteiger charge is 2.18. The maximum Gasteiger partial charge on any atom is 0.273 e. The van der Waals surface area contributed by atoms with E-state index in [1.165, 1.54) is 12.1 Å². The van der Waals surface area contributed by atoms with Crippen LogP contribution in [0, 0.1) is 12.4 Å². The van der Waals surface area contributed by atoms with Crippen molar-refractivity contribution >= 4 is 0 Å². The molecule has 0 aliphatic carbocycles. The molecule has 78 valence electrons. The first-order valence-electron chi connectivity index (χ1n) is 4.98. The summed E-state index contributed by atoms with van der Waals surface area (Å²) in [6.07, 6.45) is 0. The molecule has 2 rings (SSSR count). The molecule has 0 saturated heterocycles. The summed E-state index contributed by atoms with van der Waals surface area (Å²) >= 11 is 0. The largest absolute Gasteiger partial charge is 0.303 e. The molecule has 2 aromatic carbocycles. The van der Waals surface area contributed by atoms with Crippen molar-refractivity contribution in [3.63, 3.8) is 0 Å². The van der Waals surface area contributed by atoms with E-state index >= 15 is 0 Å². The Bertz CT molecular complexity index is 514. The molecule has 0 heterocycles. The maximum atomic E-state index is 13.1. The molecule has 1 unspecified atom stereocenters. The second kappa shape index (κ2) is 4.59. The lowest BCUT2D eigenvalue weighted by Gasteiger charge is -2.05. The van der Waals surface area contributed by atoms with Crippen LogP contribution in [-0.2, 0) is 0 Å². The summed E-state index contributed by atoms with van der Waals surface area (Å²) < 4.78 is 13.1. The summed E-state index contributed by atoms with van der Waals surface area (Å²) in [6.45, 7) is 7.21. The molecule has 0 amide bonds. The molecule has 0 saturated carbocycles. The van der Waals surface area contributed by atoms with Gasteiger partial charge >= 0.3 is 0 Å². The predicted octanol–water partition coefficient (Wildman–Crippen LogP) is 3.83. The summed E-state index contributed by atoms with van der Waals surface area (Å²) in [6, 6.07) is 15.2. The van der Waals surface area contributed by atoms with Crippen LogP contribution >= 0.6 is 0 Å². The minimum absolute atomic E-state index is 0.304. The molecule has 0 N–H and O–H groups in total. The Morgan fingerprint density at radius 3 is 2.25 bits per heavy atom. The number of hydrogen-bond donors (Lipinski definition) is 0. The molecule has 16 heavy (non-hydrogen) atoms. The van der Waals surface area contributed by atoms with Crippen molar-refractivity contribution in [2.75, 3.05) is 0 Å². The van der Waals surface area contributed by atoms with Gasteiger partial charge in [0.05, 0.1) is 0 Å². The van der Waals surface area contributed by atoms with E-state index in [0.29, 0.717) is 5.56 Å². The predicted molar refractivity (Wildman–Crippen MR) is 61.3 cm³/mol. The van der Waals surface area contributed by atoms with Gasteiger partial charge < -0.3 is 4.85 Å². The molecule has 0 aromatic heterocycles. The van der Waals surface area contributed by atoms with Gasteiger partial charge in [0.25, 0.3) is 6.04 Å². The molecule has 1 nitrogen and oxygen atoms in total. The van der Waals surface area contributed by atoms with Crippen molar-refractivity contribution in [3.8, 4) is 0 Å². The van der Waals surface area contributed by atoms with Gasteiger partial charge in [0, 0.05) is 11.1 Å². The number of nitrogens with zero attached hydrogens (tertiary/aromatic N) is 1. The maximum absolute atomic E-state index is 13.1. The first kappa shape index (κ1) is 10.4. The van der Waals surface area contributed by atoms with Crippen LogP contribution < -0.4 is 0 Å². The third-order valence-corrected chi connectivity index (χ3v) is 2.41. The number of hydrogen-bond acceptors (Lipinski definition) is 0. The van der Waals surface area contributed by atoms with Gasteiger partial charge in [-0.25, -0.2) is 11.0 Å². The molecule has 0 bridgehead atoms. The van der Waals surface area contributed by atoms with Crippen LogP contribution in [0.1, 0.15) is 17.2 Å². The van der Waals surface area contributed by atoms with Gasteiger partial charge in [-0.1, -0.05) is 42.5 Å². The van der Waals surface area contributed by atoms with Crippen molar-refractivity contribution in [2.24, 2.45) is 0 Å². The molecule has 0 fully saturated rings. The van der Waals surface area contributed by atoms with E-state index in [-0.39, 0.29) is 5.82 Å². The summed E-state index contributed by atoms with van der Waals surface area (Å²) in [5.41, 5.74) is 1.59. The minimum atomic E-state index is -0.420. The summed E-state index contributed by atoms with van der Waals surface area (Å²) in [5.74, 6) is -0.304. The van der Waals surface area contributed by atoms with Gasteiger partial charge in [-0.2, -0.15) is 0 Å². The van der Waals surface area contributed by atoms with Crippen LogP contribution in [0.15, 0.2) is 54.6 Å². The fraction of sp³-hybridized carbons (Fsp3) is 0.0714. The molecular formula is C14H10FN. The van der Waals surface area contributed by atoms with Crippen molar-refractivity contribution < 1.29 is 4.39 Å². The van der Waals surface area contributed by atoms with E-state index in [0.717, 1.165) is 5.56 Å². The van der Waals surface area contributed by atoms with Crippen LogP contribution in [0.25, 0.3) is 4.85 Å². The Kier molecular flexibility index (Phi) is 2.98. The average Bonchev–Trinajstić information content (AvgIpc) is 2.31. The van der Waals surface area contributed by atoms with Gasteiger partial charge in [-0.3, -0.25) is 0 Å². The van der Waals surface area contributed by atoms with Crippen LogP contribution in [0.5, 0.6) is 0 Å². The molecule has 0 spiro atoms. The Hall–Kier alpha value is -2.14. The number of halogens is 1. The Balaban J connectivity index is 2.42. The minimum Gasteiger partial charge on any atom is -0.303 e. The Morgan fingerprint density at radius 1 is 0.938 bits per heavy atom. The van der Waals surface area contributed by atoms with E-state index in [1.807, 2.05) is 30.3 Å². The Morgan fingerprint density at radius 2 is 1.62 bits per heavy atom. The highest BCUT2D eigenvalue weighted by Crippen LogP contribution is 2.26. The number of benzene rings is 2. The monoisotopic (exact) mass is 211 g/mol. The van der Waals surface area contributed by atoms with E-state index in [9.17, 15) is 4.39 Å². The molecule has 1 atom stereocenters. The van der Waals surface area contributed by atoms with Crippen molar-refractivity contribution in [1.29, 1.82) is 0 Å². The molecule has 2 aromatic rings. The fourth-order valence-corrected chi connectivity index (χ4v) is 1.65. The molecular weight excluding hydrogens is 201 g/mol. The zero-order valence-electron chi connectivity index (χ0n) is 8.60. The lowest BCUT2D eigenvalue weighted by molar-refractivity contribution is 0.625.